The molecule has 22 heavy (non-hydrogen) atoms. The highest BCUT2D eigenvalue weighted by Crippen LogP contribution is 2.29. The highest BCUT2D eigenvalue weighted by atomic mass is 79.9. The Bertz CT molecular complexity index is 735. The lowest BCUT2D eigenvalue weighted by molar-refractivity contribution is -0.137. The number of hydrogen-bond donors (Lipinski definition) is 0. The highest BCUT2D eigenvalue weighted by molar-refractivity contribution is 9.10. The maximum absolute atomic E-state index is 13.1. The number of carbonyl (C=O) groups excluding carboxylic acids is 1. The molecule has 0 aliphatic rings. The summed E-state index contributed by atoms with van der Waals surface area (Å²) in [7, 11) is 0. The molecule has 2 aromatic carbocycles. The maximum atomic E-state index is 13.1. The first-order valence-corrected chi connectivity index (χ1v) is 6.91. The molecule has 2 rings (SSSR count). The number of allylic oxidation sites excluding steroid dienone is 1. The summed E-state index contributed by atoms with van der Waals surface area (Å²) in [6, 6.07) is 8.38. The van der Waals surface area contributed by atoms with E-state index in [1.54, 1.807) is 0 Å². The standard InChI is InChI=1S/C16H9BrF4O/c17-13-9-11(5-6-14(13)18)15(22)7-4-10-2-1-3-12(8-10)16(19,20)21/h1-9H/b7-4+. The normalized spacial score (nSPS) is 11.9. The summed E-state index contributed by atoms with van der Waals surface area (Å²) in [5, 5.41) is 0. The van der Waals surface area contributed by atoms with E-state index in [1.165, 1.54) is 30.3 Å². The number of alkyl halides is 3. The molecule has 0 unspecified atom stereocenters. The van der Waals surface area contributed by atoms with E-state index >= 15 is 0 Å². The second kappa shape index (κ2) is 6.44. The highest BCUT2D eigenvalue weighted by Gasteiger charge is 2.30. The third-order valence-corrected chi connectivity index (χ3v) is 3.45. The zero-order valence-electron chi connectivity index (χ0n) is 11.0. The van der Waals surface area contributed by atoms with Crippen LogP contribution in [-0.4, -0.2) is 5.78 Å². The van der Waals surface area contributed by atoms with Gasteiger partial charge < -0.3 is 0 Å². The van der Waals surface area contributed by atoms with Crippen molar-refractivity contribution >= 4 is 27.8 Å². The Kier molecular flexibility index (Phi) is 4.81. The smallest absolute Gasteiger partial charge is 0.289 e. The van der Waals surface area contributed by atoms with Crippen LogP contribution < -0.4 is 0 Å². The molecule has 0 aliphatic carbocycles. The summed E-state index contributed by atoms with van der Waals surface area (Å²) in [4.78, 5) is 11.9. The van der Waals surface area contributed by atoms with Crippen molar-refractivity contribution in [1.29, 1.82) is 0 Å². The lowest BCUT2D eigenvalue weighted by Gasteiger charge is -2.06. The fraction of sp³-hybridized carbons (Fsp3) is 0.0625. The minimum absolute atomic E-state index is 0.144. The summed E-state index contributed by atoms with van der Waals surface area (Å²) in [5.41, 5.74) is -0.299. The van der Waals surface area contributed by atoms with Crippen molar-refractivity contribution in [3.8, 4) is 0 Å². The molecule has 0 amide bonds. The number of halogens is 5. The van der Waals surface area contributed by atoms with Crippen LogP contribution in [0.1, 0.15) is 21.5 Å². The zero-order valence-corrected chi connectivity index (χ0v) is 12.6. The van der Waals surface area contributed by atoms with Crippen LogP contribution in [0.2, 0.25) is 0 Å². The molecule has 0 saturated heterocycles. The number of ketones is 1. The third kappa shape index (κ3) is 4.04. The van der Waals surface area contributed by atoms with Gasteiger partial charge in [-0.1, -0.05) is 18.2 Å². The van der Waals surface area contributed by atoms with Crippen LogP contribution in [0.15, 0.2) is 53.0 Å². The predicted octanol–water partition coefficient (Wildman–Crippen LogP) is 5.50. The van der Waals surface area contributed by atoms with E-state index in [0.29, 0.717) is 0 Å². The summed E-state index contributed by atoms with van der Waals surface area (Å²) >= 11 is 2.97. The van der Waals surface area contributed by atoms with Crippen LogP contribution in [0.3, 0.4) is 0 Å². The lowest BCUT2D eigenvalue weighted by Crippen LogP contribution is -2.04. The number of benzene rings is 2. The number of rotatable bonds is 3. The molecule has 2 aromatic rings. The van der Waals surface area contributed by atoms with Crippen molar-refractivity contribution in [3.05, 3.63) is 75.5 Å². The van der Waals surface area contributed by atoms with Crippen molar-refractivity contribution in [2.75, 3.05) is 0 Å². The Morgan fingerprint density at radius 3 is 2.45 bits per heavy atom. The number of carbonyl (C=O) groups is 1. The summed E-state index contributed by atoms with van der Waals surface area (Å²) < 4.78 is 51.0. The average molecular weight is 373 g/mol. The molecule has 0 N–H and O–H groups in total. The number of hydrogen-bond acceptors (Lipinski definition) is 1. The van der Waals surface area contributed by atoms with Crippen molar-refractivity contribution in [2.45, 2.75) is 6.18 Å². The van der Waals surface area contributed by atoms with E-state index < -0.39 is 23.3 Å². The van der Waals surface area contributed by atoms with Gasteiger partial charge in [0.15, 0.2) is 5.78 Å². The fourth-order valence-corrected chi connectivity index (χ4v) is 2.11. The second-order valence-corrected chi connectivity index (χ2v) is 5.30. The van der Waals surface area contributed by atoms with Crippen LogP contribution >= 0.6 is 15.9 Å². The van der Waals surface area contributed by atoms with Gasteiger partial charge in [0.1, 0.15) is 5.82 Å². The molecule has 0 aromatic heterocycles. The summed E-state index contributed by atoms with van der Waals surface area (Å²) in [6.45, 7) is 0. The van der Waals surface area contributed by atoms with Crippen LogP contribution in [0.4, 0.5) is 17.6 Å². The molecule has 0 fully saturated rings. The molecule has 0 atom stereocenters. The largest absolute Gasteiger partial charge is 0.416 e. The van der Waals surface area contributed by atoms with Gasteiger partial charge in [0, 0.05) is 5.56 Å². The summed E-state index contributed by atoms with van der Waals surface area (Å²) in [6.07, 6.45) is -2.00. The first-order chi connectivity index (χ1) is 10.3. The van der Waals surface area contributed by atoms with Gasteiger partial charge in [-0.2, -0.15) is 13.2 Å². The van der Waals surface area contributed by atoms with Gasteiger partial charge in [-0.05, 0) is 57.9 Å². The molecular weight excluding hydrogens is 364 g/mol. The Morgan fingerprint density at radius 2 is 1.82 bits per heavy atom. The first kappa shape index (κ1) is 16.4. The summed E-state index contributed by atoms with van der Waals surface area (Å²) in [5.74, 6) is -0.934. The molecule has 0 bridgehead atoms. The first-order valence-electron chi connectivity index (χ1n) is 6.12. The molecule has 6 heteroatoms. The molecule has 0 spiro atoms. The van der Waals surface area contributed by atoms with Gasteiger partial charge in [-0.15, -0.1) is 0 Å². The van der Waals surface area contributed by atoms with E-state index in [-0.39, 0.29) is 15.6 Å². The van der Waals surface area contributed by atoms with Crippen molar-refractivity contribution < 1.29 is 22.4 Å². The van der Waals surface area contributed by atoms with Crippen LogP contribution in [0, 0.1) is 5.82 Å². The lowest BCUT2D eigenvalue weighted by atomic mass is 10.1. The van der Waals surface area contributed by atoms with Crippen LogP contribution in [0.5, 0.6) is 0 Å². The Balaban J connectivity index is 2.21. The molecule has 0 saturated carbocycles. The van der Waals surface area contributed by atoms with E-state index in [0.717, 1.165) is 24.3 Å². The van der Waals surface area contributed by atoms with Gasteiger partial charge in [-0.25, -0.2) is 4.39 Å². The molecular formula is C16H9BrF4O. The quantitative estimate of drug-likeness (QED) is 0.394. The SMILES string of the molecule is O=C(/C=C/c1cccc(C(F)(F)F)c1)c1ccc(F)c(Br)c1. The molecule has 114 valence electrons. The van der Waals surface area contributed by atoms with E-state index in [9.17, 15) is 22.4 Å². The van der Waals surface area contributed by atoms with Gasteiger partial charge in [0.25, 0.3) is 0 Å². The van der Waals surface area contributed by atoms with Gasteiger partial charge in [0.2, 0.25) is 0 Å². The third-order valence-electron chi connectivity index (χ3n) is 2.85. The van der Waals surface area contributed by atoms with Crippen molar-refractivity contribution in [2.24, 2.45) is 0 Å². The molecule has 0 radical (unpaired) electrons. The van der Waals surface area contributed by atoms with Gasteiger partial charge in [-0.3, -0.25) is 4.79 Å². The maximum Gasteiger partial charge on any atom is 0.416 e. The van der Waals surface area contributed by atoms with Gasteiger partial charge >= 0.3 is 6.18 Å². The van der Waals surface area contributed by atoms with Gasteiger partial charge in [0.05, 0.1) is 10.0 Å². The minimum atomic E-state index is -4.43. The molecule has 1 nitrogen and oxygen atoms in total. The minimum Gasteiger partial charge on any atom is -0.289 e. The van der Waals surface area contributed by atoms with Crippen LogP contribution in [-0.2, 0) is 6.18 Å². The average Bonchev–Trinajstić information content (AvgIpc) is 2.47. The monoisotopic (exact) mass is 372 g/mol. The Hall–Kier alpha value is -1.95. The van der Waals surface area contributed by atoms with E-state index in [4.69, 9.17) is 0 Å². The van der Waals surface area contributed by atoms with Crippen LogP contribution in [0.25, 0.3) is 6.08 Å². The Labute approximate surface area is 132 Å². The van der Waals surface area contributed by atoms with Crippen molar-refractivity contribution in [3.63, 3.8) is 0 Å². The van der Waals surface area contributed by atoms with E-state index in [2.05, 4.69) is 15.9 Å². The predicted molar refractivity (Wildman–Crippen MR) is 78.9 cm³/mol. The molecule has 0 heterocycles. The Morgan fingerprint density at radius 1 is 1.09 bits per heavy atom. The fourth-order valence-electron chi connectivity index (χ4n) is 1.74. The zero-order chi connectivity index (χ0) is 16.3. The van der Waals surface area contributed by atoms with E-state index in [1.807, 2.05) is 0 Å². The second-order valence-electron chi connectivity index (χ2n) is 4.45. The topological polar surface area (TPSA) is 17.1 Å². The van der Waals surface area contributed by atoms with Crippen molar-refractivity contribution in [1.82, 2.24) is 0 Å². The molecule has 0 aliphatic heterocycles.